The Hall–Kier alpha value is -2.10. The summed E-state index contributed by atoms with van der Waals surface area (Å²) in [5, 5.41) is 0. The van der Waals surface area contributed by atoms with Crippen LogP contribution in [0.2, 0.25) is 0 Å². The van der Waals surface area contributed by atoms with Gasteiger partial charge < -0.3 is 0 Å². The van der Waals surface area contributed by atoms with Crippen molar-refractivity contribution in [3.63, 3.8) is 0 Å². The Kier molecular flexibility index (Phi) is 2.95. The molecule has 0 amide bonds. The molecule has 1 heterocycles. The third kappa shape index (κ3) is 2.36. The molecule has 0 aliphatic carbocycles. The van der Waals surface area contributed by atoms with Crippen molar-refractivity contribution in [3.8, 4) is 0 Å². The molecule has 0 atom stereocenters. The summed E-state index contributed by atoms with van der Waals surface area (Å²) in [6.45, 7) is 3.59. The lowest BCUT2D eigenvalue weighted by atomic mass is 10.0. The second-order valence-corrected chi connectivity index (χ2v) is 3.87. The van der Waals surface area contributed by atoms with Gasteiger partial charge in [0.25, 0.3) is 0 Å². The average molecular weight is 230 g/mol. The van der Waals surface area contributed by atoms with Gasteiger partial charge in [-0.15, -0.1) is 0 Å². The number of carbonyl (C=O) groups is 1. The number of carbonyl (C=O) groups excluding carboxylic acids is 1. The summed E-state index contributed by atoms with van der Waals surface area (Å²) in [4.78, 5) is 19.9. The summed E-state index contributed by atoms with van der Waals surface area (Å²) in [7, 11) is 0. The number of hydrogen-bond acceptors (Lipinski definition) is 3. The van der Waals surface area contributed by atoms with Crippen LogP contribution in [0.1, 0.15) is 27.3 Å². The fraction of sp³-hybridized carbons (Fsp3) is 0.154. The largest absolute Gasteiger partial charge is 0.285 e. The lowest BCUT2D eigenvalue weighted by molar-refractivity contribution is 0.102. The van der Waals surface area contributed by atoms with Crippen LogP contribution in [0.4, 0.5) is 4.39 Å². The van der Waals surface area contributed by atoms with Crippen LogP contribution in [-0.4, -0.2) is 15.8 Å². The van der Waals surface area contributed by atoms with Crippen molar-refractivity contribution in [1.82, 2.24) is 9.97 Å². The topological polar surface area (TPSA) is 42.9 Å². The van der Waals surface area contributed by atoms with Crippen molar-refractivity contribution in [2.24, 2.45) is 0 Å². The number of rotatable bonds is 2. The average Bonchev–Trinajstić information content (AvgIpc) is 2.32. The van der Waals surface area contributed by atoms with Gasteiger partial charge in [-0.25, -0.2) is 14.4 Å². The molecule has 0 N–H and O–H groups in total. The minimum absolute atomic E-state index is 0.0873. The van der Waals surface area contributed by atoms with Crippen molar-refractivity contribution in [1.29, 1.82) is 0 Å². The highest BCUT2D eigenvalue weighted by Gasteiger charge is 2.15. The second kappa shape index (κ2) is 4.41. The third-order valence-corrected chi connectivity index (χ3v) is 2.43. The molecule has 0 radical (unpaired) electrons. The zero-order valence-electron chi connectivity index (χ0n) is 9.57. The van der Waals surface area contributed by atoms with Crippen LogP contribution in [0.5, 0.6) is 0 Å². The normalized spacial score (nSPS) is 10.3. The van der Waals surface area contributed by atoms with Crippen LogP contribution in [0, 0.1) is 19.7 Å². The number of aromatic nitrogens is 2. The summed E-state index contributed by atoms with van der Waals surface area (Å²) >= 11 is 0. The SMILES string of the molecule is Cc1cnc(C(=O)c2cc(F)ccc2C)nc1. The first-order valence-corrected chi connectivity index (χ1v) is 5.17. The van der Waals surface area contributed by atoms with E-state index in [9.17, 15) is 9.18 Å². The van der Waals surface area contributed by atoms with E-state index in [1.807, 2.05) is 6.92 Å². The Labute approximate surface area is 98.3 Å². The molecule has 2 aromatic rings. The van der Waals surface area contributed by atoms with Crippen molar-refractivity contribution in [2.45, 2.75) is 13.8 Å². The van der Waals surface area contributed by atoms with Gasteiger partial charge in [0.2, 0.25) is 11.6 Å². The highest BCUT2D eigenvalue weighted by atomic mass is 19.1. The molecule has 3 nitrogen and oxygen atoms in total. The Balaban J connectivity index is 2.43. The van der Waals surface area contributed by atoms with Crippen LogP contribution in [0.3, 0.4) is 0 Å². The minimum atomic E-state index is -0.439. The van der Waals surface area contributed by atoms with Crippen LogP contribution in [0.15, 0.2) is 30.6 Å². The number of ketones is 1. The fourth-order valence-corrected chi connectivity index (χ4v) is 1.47. The van der Waals surface area contributed by atoms with Crippen molar-refractivity contribution < 1.29 is 9.18 Å². The monoisotopic (exact) mass is 230 g/mol. The van der Waals surface area contributed by atoms with E-state index in [0.717, 1.165) is 5.56 Å². The van der Waals surface area contributed by atoms with Gasteiger partial charge in [0.05, 0.1) is 0 Å². The number of hydrogen-bond donors (Lipinski definition) is 0. The first-order valence-electron chi connectivity index (χ1n) is 5.17. The van der Waals surface area contributed by atoms with Gasteiger partial charge in [0.15, 0.2) is 0 Å². The number of nitrogens with zero attached hydrogens (tertiary/aromatic N) is 2. The Morgan fingerprint density at radius 2 is 1.82 bits per heavy atom. The molecular formula is C13H11FN2O. The minimum Gasteiger partial charge on any atom is -0.285 e. The number of halogens is 1. The van der Waals surface area contributed by atoms with E-state index < -0.39 is 5.82 Å². The van der Waals surface area contributed by atoms with E-state index in [2.05, 4.69) is 9.97 Å². The van der Waals surface area contributed by atoms with Gasteiger partial charge in [-0.3, -0.25) is 4.79 Å². The predicted molar refractivity (Wildman–Crippen MR) is 61.3 cm³/mol. The molecule has 0 spiro atoms. The summed E-state index contributed by atoms with van der Waals surface area (Å²) in [5.74, 6) is -0.711. The highest BCUT2D eigenvalue weighted by Crippen LogP contribution is 2.13. The Morgan fingerprint density at radius 1 is 1.18 bits per heavy atom. The van der Waals surface area contributed by atoms with E-state index in [1.165, 1.54) is 12.1 Å². The molecular weight excluding hydrogens is 219 g/mol. The smallest absolute Gasteiger partial charge is 0.230 e. The predicted octanol–water partition coefficient (Wildman–Crippen LogP) is 2.46. The molecule has 0 bridgehead atoms. The zero-order valence-corrected chi connectivity index (χ0v) is 9.57. The standard InChI is InChI=1S/C13H11FN2O/c1-8-6-15-13(16-7-8)12(17)11-5-10(14)4-3-9(11)2/h3-7H,1-2H3. The molecule has 0 aliphatic rings. The van der Waals surface area contributed by atoms with Gasteiger partial charge in [-0.05, 0) is 37.1 Å². The maximum absolute atomic E-state index is 13.1. The second-order valence-electron chi connectivity index (χ2n) is 3.87. The van der Waals surface area contributed by atoms with Gasteiger partial charge >= 0.3 is 0 Å². The molecule has 86 valence electrons. The first-order chi connectivity index (χ1) is 8.08. The van der Waals surface area contributed by atoms with E-state index >= 15 is 0 Å². The van der Waals surface area contributed by atoms with E-state index in [4.69, 9.17) is 0 Å². The highest BCUT2D eigenvalue weighted by molar-refractivity contribution is 6.07. The third-order valence-electron chi connectivity index (χ3n) is 2.43. The van der Waals surface area contributed by atoms with E-state index in [-0.39, 0.29) is 11.6 Å². The zero-order chi connectivity index (χ0) is 12.4. The van der Waals surface area contributed by atoms with Crippen LogP contribution in [-0.2, 0) is 0 Å². The Morgan fingerprint density at radius 3 is 2.47 bits per heavy atom. The van der Waals surface area contributed by atoms with E-state index in [1.54, 1.807) is 25.4 Å². The molecule has 0 aliphatic heterocycles. The van der Waals surface area contributed by atoms with Crippen LogP contribution in [0.25, 0.3) is 0 Å². The van der Waals surface area contributed by atoms with Crippen molar-refractivity contribution in [2.75, 3.05) is 0 Å². The number of benzene rings is 1. The lowest BCUT2D eigenvalue weighted by Crippen LogP contribution is -2.09. The molecule has 1 aromatic heterocycles. The fourth-order valence-electron chi connectivity index (χ4n) is 1.47. The quantitative estimate of drug-likeness (QED) is 0.744. The molecule has 0 unspecified atom stereocenters. The molecule has 1 aromatic carbocycles. The van der Waals surface area contributed by atoms with Crippen LogP contribution < -0.4 is 0 Å². The summed E-state index contributed by atoms with van der Waals surface area (Å²) in [6.07, 6.45) is 3.13. The van der Waals surface area contributed by atoms with E-state index in [0.29, 0.717) is 11.1 Å². The molecule has 0 fully saturated rings. The van der Waals surface area contributed by atoms with Crippen molar-refractivity contribution >= 4 is 5.78 Å². The van der Waals surface area contributed by atoms with Gasteiger partial charge in [-0.2, -0.15) is 0 Å². The van der Waals surface area contributed by atoms with Gasteiger partial charge in [0, 0.05) is 18.0 Å². The molecule has 0 saturated heterocycles. The molecule has 17 heavy (non-hydrogen) atoms. The molecule has 0 saturated carbocycles. The summed E-state index contributed by atoms with van der Waals surface area (Å²) in [6, 6.07) is 4.10. The Bertz CT molecular complexity index is 564. The maximum Gasteiger partial charge on any atom is 0.230 e. The summed E-state index contributed by atoms with van der Waals surface area (Å²) < 4.78 is 13.1. The first kappa shape index (κ1) is 11.4. The molecule has 4 heteroatoms. The lowest BCUT2D eigenvalue weighted by Gasteiger charge is -2.04. The van der Waals surface area contributed by atoms with Crippen molar-refractivity contribution in [3.05, 3.63) is 58.9 Å². The number of aryl methyl sites for hydroxylation is 2. The maximum atomic E-state index is 13.1. The van der Waals surface area contributed by atoms with Crippen LogP contribution >= 0.6 is 0 Å². The summed E-state index contributed by atoms with van der Waals surface area (Å²) in [5.41, 5.74) is 1.88. The van der Waals surface area contributed by atoms with Gasteiger partial charge in [-0.1, -0.05) is 6.07 Å². The van der Waals surface area contributed by atoms with Gasteiger partial charge in [0.1, 0.15) is 5.82 Å². The molecule has 2 rings (SSSR count).